The van der Waals surface area contributed by atoms with Crippen molar-refractivity contribution in [3.05, 3.63) is 36.5 Å². The highest BCUT2D eigenvalue weighted by Gasteiger charge is 2.44. The molecule has 0 aromatic heterocycles. The van der Waals surface area contributed by atoms with Gasteiger partial charge in [0.15, 0.2) is 6.29 Å². The Morgan fingerprint density at radius 2 is 1.14 bits per heavy atom. The molecule has 0 saturated carbocycles. The zero-order valence-electron chi connectivity index (χ0n) is 31.6. The summed E-state index contributed by atoms with van der Waals surface area (Å²) in [7, 11) is 0. The van der Waals surface area contributed by atoms with Crippen LogP contribution in [0.25, 0.3) is 0 Å². The van der Waals surface area contributed by atoms with Crippen LogP contribution in [-0.2, 0) is 14.3 Å². The molecule has 7 atom stereocenters. The summed E-state index contributed by atoms with van der Waals surface area (Å²) in [5, 5.41) is 53.9. The van der Waals surface area contributed by atoms with E-state index in [2.05, 4.69) is 43.5 Å². The molecule has 0 spiro atoms. The van der Waals surface area contributed by atoms with E-state index in [1.54, 1.807) is 6.08 Å². The summed E-state index contributed by atoms with van der Waals surface area (Å²) in [6.07, 6.45) is 30.4. The molecule has 1 saturated heterocycles. The Morgan fingerprint density at radius 1 is 0.660 bits per heavy atom. The van der Waals surface area contributed by atoms with Crippen LogP contribution in [0.3, 0.4) is 0 Å². The van der Waals surface area contributed by atoms with Crippen molar-refractivity contribution in [3.63, 3.8) is 0 Å². The summed E-state index contributed by atoms with van der Waals surface area (Å²) in [6, 6.07) is -0.822. The number of aliphatic hydroxyl groups is 5. The van der Waals surface area contributed by atoms with E-state index in [9.17, 15) is 30.3 Å². The van der Waals surface area contributed by atoms with Crippen molar-refractivity contribution in [2.45, 2.75) is 204 Å². The lowest BCUT2D eigenvalue weighted by Gasteiger charge is -2.40. The fraction of sp³-hybridized carbons (Fsp3) is 0.829. The van der Waals surface area contributed by atoms with Gasteiger partial charge in [0, 0.05) is 6.42 Å². The first kappa shape index (κ1) is 46.4. The minimum atomic E-state index is -1.57. The van der Waals surface area contributed by atoms with Crippen molar-refractivity contribution in [3.8, 4) is 0 Å². The van der Waals surface area contributed by atoms with Gasteiger partial charge in [0.1, 0.15) is 24.4 Å². The van der Waals surface area contributed by atoms with Gasteiger partial charge in [-0.2, -0.15) is 0 Å². The third-order valence-corrected chi connectivity index (χ3v) is 9.45. The summed E-state index contributed by atoms with van der Waals surface area (Å²) in [6.45, 7) is 3.69. The lowest BCUT2D eigenvalue weighted by atomic mass is 9.99. The monoisotopic (exact) mass is 710 g/mol. The molecule has 50 heavy (non-hydrogen) atoms. The molecule has 6 N–H and O–H groups in total. The number of ether oxygens (including phenoxy) is 2. The molecule has 0 aromatic carbocycles. The predicted molar refractivity (Wildman–Crippen MR) is 203 cm³/mol. The molecule has 9 heteroatoms. The van der Waals surface area contributed by atoms with E-state index in [1.807, 2.05) is 6.08 Å². The molecule has 1 heterocycles. The lowest BCUT2D eigenvalue weighted by molar-refractivity contribution is -0.302. The van der Waals surface area contributed by atoms with Crippen LogP contribution in [0.2, 0.25) is 0 Å². The summed E-state index contributed by atoms with van der Waals surface area (Å²) in [5.41, 5.74) is 0. The summed E-state index contributed by atoms with van der Waals surface area (Å²) in [5.74, 6) is -0.193. The van der Waals surface area contributed by atoms with Gasteiger partial charge in [-0.15, -0.1) is 0 Å². The largest absolute Gasteiger partial charge is 0.394 e. The molecule has 0 aromatic rings. The van der Waals surface area contributed by atoms with Gasteiger partial charge in [0.05, 0.1) is 25.4 Å². The second-order valence-electron chi connectivity index (χ2n) is 14.1. The van der Waals surface area contributed by atoms with Crippen LogP contribution in [0.4, 0.5) is 0 Å². The summed E-state index contributed by atoms with van der Waals surface area (Å²) >= 11 is 0. The quantitative estimate of drug-likeness (QED) is 0.0314. The maximum atomic E-state index is 12.9. The highest BCUT2D eigenvalue weighted by atomic mass is 16.7. The molecule has 1 aliphatic heterocycles. The Labute approximate surface area is 304 Å². The first-order valence-electron chi connectivity index (χ1n) is 20.2. The molecule has 0 bridgehead atoms. The number of carbonyl (C=O) groups excluding carboxylic acids is 1. The Hall–Kier alpha value is -1.59. The van der Waals surface area contributed by atoms with Crippen molar-refractivity contribution >= 4 is 5.91 Å². The van der Waals surface area contributed by atoms with Crippen molar-refractivity contribution in [2.75, 3.05) is 13.2 Å². The van der Waals surface area contributed by atoms with Crippen molar-refractivity contribution in [1.29, 1.82) is 0 Å². The molecule has 292 valence electrons. The number of allylic oxidation sites excluding steroid dienone is 5. The van der Waals surface area contributed by atoms with Gasteiger partial charge in [-0.1, -0.05) is 147 Å². The van der Waals surface area contributed by atoms with E-state index in [4.69, 9.17) is 9.47 Å². The first-order valence-corrected chi connectivity index (χ1v) is 20.2. The number of unbranched alkanes of at least 4 members (excludes halogenated alkanes) is 18. The number of carbonyl (C=O) groups is 1. The Kier molecular flexibility index (Phi) is 29.8. The molecular formula is C41H75NO8. The minimum Gasteiger partial charge on any atom is -0.394 e. The van der Waals surface area contributed by atoms with E-state index in [-0.39, 0.29) is 12.5 Å². The van der Waals surface area contributed by atoms with Crippen molar-refractivity contribution in [2.24, 2.45) is 0 Å². The van der Waals surface area contributed by atoms with E-state index in [0.29, 0.717) is 6.42 Å². The average molecular weight is 710 g/mol. The number of aliphatic hydroxyl groups excluding tert-OH is 5. The van der Waals surface area contributed by atoms with Gasteiger partial charge < -0.3 is 40.3 Å². The van der Waals surface area contributed by atoms with Crippen LogP contribution >= 0.6 is 0 Å². The third kappa shape index (κ3) is 23.1. The van der Waals surface area contributed by atoms with Gasteiger partial charge in [0.2, 0.25) is 5.91 Å². The van der Waals surface area contributed by atoms with E-state index in [1.165, 1.54) is 89.9 Å². The maximum absolute atomic E-state index is 12.9. The molecule has 0 aliphatic carbocycles. The molecule has 1 amide bonds. The molecule has 9 nitrogen and oxygen atoms in total. The van der Waals surface area contributed by atoms with Crippen LogP contribution in [-0.4, -0.2) is 87.5 Å². The standard InChI is InChI=1S/C41H75NO8/c1-3-5-7-9-11-13-15-17-19-21-23-25-27-29-31-37(45)42-34(33-49-41-40(48)39(47)38(46)36(32-43)50-41)35(44)30-28-26-24-22-20-18-16-14-12-10-8-6-4-2/h12,14,20,22,28,30,34-36,38-41,43-44,46-48H,3-11,13,15-19,21,23-27,29,31-33H2,1-2H3,(H,42,45)/b14-12+,22-20+,30-28+. The lowest BCUT2D eigenvalue weighted by Crippen LogP contribution is -2.60. The van der Waals surface area contributed by atoms with Gasteiger partial charge in [-0.05, 0) is 44.9 Å². The fourth-order valence-electron chi connectivity index (χ4n) is 6.13. The second kappa shape index (κ2) is 32.1. The van der Waals surface area contributed by atoms with Crippen LogP contribution < -0.4 is 5.32 Å². The van der Waals surface area contributed by atoms with Gasteiger partial charge in [-0.3, -0.25) is 4.79 Å². The highest BCUT2D eigenvalue weighted by Crippen LogP contribution is 2.22. The summed E-state index contributed by atoms with van der Waals surface area (Å²) < 4.78 is 11.1. The molecule has 1 rings (SSSR count). The normalized spacial score (nSPS) is 22.6. The van der Waals surface area contributed by atoms with Gasteiger partial charge >= 0.3 is 0 Å². The zero-order chi connectivity index (χ0) is 36.7. The smallest absolute Gasteiger partial charge is 0.220 e. The third-order valence-electron chi connectivity index (χ3n) is 9.45. The number of hydrogen-bond donors (Lipinski definition) is 6. The van der Waals surface area contributed by atoms with E-state index in [0.717, 1.165) is 51.4 Å². The molecule has 1 fully saturated rings. The fourth-order valence-corrected chi connectivity index (χ4v) is 6.13. The number of rotatable bonds is 32. The van der Waals surface area contributed by atoms with E-state index >= 15 is 0 Å². The molecular weight excluding hydrogens is 634 g/mol. The Bertz CT molecular complexity index is 879. The Balaban J connectivity index is 2.46. The van der Waals surface area contributed by atoms with Crippen molar-refractivity contribution < 1.29 is 39.8 Å². The van der Waals surface area contributed by atoms with Crippen LogP contribution in [0, 0.1) is 0 Å². The predicted octanol–water partition coefficient (Wildman–Crippen LogP) is 7.33. The van der Waals surface area contributed by atoms with Gasteiger partial charge in [-0.25, -0.2) is 0 Å². The number of amides is 1. The van der Waals surface area contributed by atoms with Crippen LogP contribution in [0.5, 0.6) is 0 Å². The van der Waals surface area contributed by atoms with Crippen LogP contribution in [0.1, 0.15) is 162 Å². The number of hydrogen-bond acceptors (Lipinski definition) is 8. The SMILES string of the molecule is CCCCC/C=C/CC/C=C/CC/C=C/C(O)C(COC1OC(CO)C(O)C(O)C1O)NC(=O)CCCCCCCCCCCCCCCC. The Morgan fingerprint density at radius 3 is 1.68 bits per heavy atom. The second-order valence-corrected chi connectivity index (χ2v) is 14.1. The van der Waals surface area contributed by atoms with Gasteiger partial charge in [0.25, 0.3) is 0 Å². The number of nitrogens with one attached hydrogen (secondary N) is 1. The highest BCUT2D eigenvalue weighted by molar-refractivity contribution is 5.76. The maximum Gasteiger partial charge on any atom is 0.220 e. The first-order chi connectivity index (χ1) is 24.3. The summed E-state index contributed by atoms with van der Waals surface area (Å²) in [4.78, 5) is 12.9. The average Bonchev–Trinajstić information content (AvgIpc) is 3.11. The van der Waals surface area contributed by atoms with Crippen molar-refractivity contribution in [1.82, 2.24) is 5.32 Å². The minimum absolute atomic E-state index is 0.193. The molecule has 7 unspecified atom stereocenters. The molecule has 0 radical (unpaired) electrons. The molecule has 1 aliphatic rings. The van der Waals surface area contributed by atoms with E-state index < -0.39 is 49.5 Å². The zero-order valence-corrected chi connectivity index (χ0v) is 31.6. The topological polar surface area (TPSA) is 149 Å². The van der Waals surface area contributed by atoms with Crippen LogP contribution in [0.15, 0.2) is 36.5 Å².